The summed E-state index contributed by atoms with van der Waals surface area (Å²) in [4.78, 5) is 4.58. The smallest absolute Gasteiger partial charge is 0.0963 e. The van der Waals surface area contributed by atoms with Gasteiger partial charge in [0, 0.05) is 9.86 Å². The van der Waals surface area contributed by atoms with E-state index in [-0.39, 0.29) is 0 Å². The van der Waals surface area contributed by atoms with Gasteiger partial charge in [-0.25, -0.2) is 4.98 Å². The first-order valence-corrected chi connectivity index (χ1v) is 6.32. The molecule has 2 nitrogen and oxygen atoms in total. The van der Waals surface area contributed by atoms with Crippen molar-refractivity contribution in [3.8, 4) is 0 Å². The molecule has 82 valence electrons. The van der Waals surface area contributed by atoms with E-state index in [0.29, 0.717) is 0 Å². The molecule has 0 aliphatic heterocycles. The van der Waals surface area contributed by atoms with E-state index in [4.69, 9.17) is 0 Å². The number of aliphatic hydroxyl groups excluding tert-OH is 1. The van der Waals surface area contributed by atoms with Crippen LogP contribution in [0.2, 0.25) is 0 Å². The van der Waals surface area contributed by atoms with Crippen molar-refractivity contribution in [1.82, 2.24) is 4.98 Å². The third kappa shape index (κ3) is 1.46. The van der Waals surface area contributed by atoms with Crippen LogP contribution in [0.5, 0.6) is 0 Å². The van der Waals surface area contributed by atoms with Crippen molar-refractivity contribution in [2.75, 3.05) is 0 Å². The Morgan fingerprint density at radius 2 is 2.12 bits per heavy atom. The highest BCUT2D eigenvalue weighted by atomic mass is 79.9. The van der Waals surface area contributed by atoms with Gasteiger partial charge in [0.15, 0.2) is 0 Å². The highest BCUT2D eigenvalue weighted by Gasteiger charge is 2.22. The molecular formula is C13H12BrNO. The Hall–Kier alpha value is -0.930. The summed E-state index contributed by atoms with van der Waals surface area (Å²) in [6, 6.07) is 8.04. The summed E-state index contributed by atoms with van der Waals surface area (Å²) in [6.45, 7) is 0. The molecule has 1 heterocycles. The van der Waals surface area contributed by atoms with Crippen LogP contribution in [0.1, 0.15) is 30.2 Å². The van der Waals surface area contributed by atoms with Gasteiger partial charge in [-0.2, -0.15) is 0 Å². The molecule has 0 radical (unpaired) electrons. The van der Waals surface area contributed by atoms with Crippen molar-refractivity contribution in [1.29, 1.82) is 0 Å². The van der Waals surface area contributed by atoms with Crippen molar-refractivity contribution < 1.29 is 5.11 Å². The Balaban J connectivity index is 2.36. The third-order valence-electron chi connectivity index (χ3n) is 3.18. The maximum absolute atomic E-state index is 9.96. The summed E-state index contributed by atoms with van der Waals surface area (Å²) >= 11 is 3.64. The van der Waals surface area contributed by atoms with Crippen molar-refractivity contribution in [2.24, 2.45) is 0 Å². The average molecular weight is 278 g/mol. The molecule has 0 saturated heterocycles. The van der Waals surface area contributed by atoms with E-state index >= 15 is 0 Å². The van der Waals surface area contributed by atoms with Gasteiger partial charge in [-0.1, -0.05) is 18.2 Å². The minimum Gasteiger partial charge on any atom is -0.387 e. The zero-order chi connectivity index (χ0) is 11.1. The first kappa shape index (κ1) is 10.2. The standard InChI is InChI=1S/C13H12BrNO/c14-12-8-4-1-2-6-10(8)15-13-9(12)5-3-7-11(13)16/h1-2,4,6,11,16H,3,5,7H2. The monoisotopic (exact) mass is 277 g/mol. The van der Waals surface area contributed by atoms with E-state index in [1.807, 2.05) is 18.2 Å². The van der Waals surface area contributed by atoms with Gasteiger partial charge in [0.2, 0.25) is 0 Å². The first-order valence-electron chi connectivity index (χ1n) is 5.52. The van der Waals surface area contributed by atoms with Crippen LogP contribution in [0.3, 0.4) is 0 Å². The van der Waals surface area contributed by atoms with Gasteiger partial charge in [0.1, 0.15) is 0 Å². The van der Waals surface area contributed by atoms with Gasteiger partial charge in [0.05, 0.1) is 17.3 Å². The zero-order valence-electron chi connectivity index (χ0n) is 8.78. The highest BCUT2D eigenvalue weighted by molar-refractivity contribution is 9.10. The number of nitrogens with zero attached hydrogens (tertiary/aromatic N) is 1. The van der Waals surface area contributed by atoms with E-state index in [1.54, 1.807) is 0 Å². The van der Waals surface area contributed by atoms with Crippen LogP contribution in [-0.2, 0) is 6.42 Å². The Kier molecular flexibility index (Phi) is 2.45. The summed E-state index contributed by atoms with van der Waals surface area (Å²) < 4.78 is 1.10. The van der Waals surface area contributed by atoms with E-state index in [1.165, 1.54) is 5.56 Å². The maximum Gasteiger partial charge on any atom is 0.0963 e. The van der Waals surface area contributed by atoms with E-state index in [0.717, 1.165) is 40.3 Å². The summed E-state index contributed by atoms with van der Waals surface area (Å²) in [5, 5.41) is 11.1. The fourth-order valence-electron chi connectivity index (χ4n) is 2.35. The van der Waals surface area contributed by atoms with E-state index in [9.17, 15) is 5.11 Å². The summed E-state index contributed by atoms with van der Waals surface area (Å²) in [5.74, 6) is 0. The second kappa shape index (κ2) is 3.82. The number of benzene rings is 1. The SMILES string of the molecule is OC1CCCc2c1nc1ccccc1c2Br. The molecule has 0 saturated carbocycles. The fraction of sp³-hybridized carbons (Fsp3) is 0.308. The Bertz CT molecular complexity index is 553. The second-order valence-electron chi connectivity index (χ2n) is 4.21. The minimum atomic E-state index is -0.398. The van der Waals surface area contributed by atoms with Gasteiger partial charge in [-0.15, -0.1) is 0 Å². The van der Waals surface area contributed by atoms with Gasteiger partial charge < -0.3 is 5.11 Å². The number of para-hydroxylation sites is 1. The molecule has 3 heteroatoms. The molecule has 2 aromatic rings. The predicted molar refractivity (Wildman–Crippen MR) is 67.3 cm³/mol. The lowest BCUT2D eigenvalue weighted by molar-refractivity contribution is 0.152. The number of hydrogen-bond donors (Lipinski definition) is 1. The van der Waals surface area contributed by atoms with Crippen LogP contribution in [0, 0.1) is 0 Å². The van der Waals surface area contributed by atoms with Crippen LogP contribution in [0.15, 0.2) is 28.7 Å². The summed E-state index contributed by atoms with van der Waals surface area (Å²) in [5.41, 5.74) is 2.99. The Morgan fingerprint density at radius 1 is 1.31 bits per heavy atom. The molecule has 1 unspecified atom stereocenters. The molecule has 3 rings (SSSR count). The molecule has 0 spiro atoms. The first-order chi connectivity index (χ1) is 7.77. The van der Waals surface area contributed by atoms with Crippen molar-refractivity contribution in [2.45, 2.75) is 25.4 Å². The van der Waals surface area contributed by atoms with Crippen LogP contribution < -0.4 is 0 Å². The molecule has 16 heavy (non-hydrogen) atoms. The lowest BCUT2D eigenvalue weighted by Gasteiger charge is -2.22. The largest absolute Gasteiger partial charge is 0.387 e. The van der Waals surface area contributed by atoms with E-state index in [2.05, 4.69) is 27.0 Å². The lowest BCUT2D eigenvalue weighted by atomic mass is 9.92. The van der Waals surface area contributed by atoms with Crippen molar-refractivity contribution >= 4 is 26.8 Å². The van der Waals surface area contributed by atoms with Gasteiger partial charge >= 0.3 is 0 Å². The molecule has 1 N–H and O–H groups in total. The lowest BCUT2D eigenvalue weighted by Crippen LogP contribution is -2.12. The van der Waals surface area contributed by atoms with Crippen LogP contribution >= 0.6 is 15.9 Å². The summed E-state index contributed by atoms with van der Waals surface area (Å²) in [7, 11) is 0. The van der Waals surface area contributed by atoms with E-state index < -0.39 is 6.10 Å². The highest BCUT2D eigenvalue weighted by Crippen LogP contribution is 2.36. The topological polar surface area (TPSA) is 33.1 Å². The molecule has 1 aromatic carbocycles. The van der Waals surface area contributed by atoms with Gasteiger partial charge in [-0.3, -0.25) is 0 Å². The van der Waals surface area contributed by atoms with Crippen molar-refractivity contribution in [3.05, 3.63) is 40.0 Å². The molecule has 1 atom stereocenters. The number of hydrogen-bond acceptors (Lipinski definition) is 2. The Labute approximate surface area is 102 Å². The molecule has 0 bridgehead atoms. The molecule has 0 amide bonds. The maximum atomic E-state index is 9.96. The molecule has 1 aromatic heterocycles. The normalized spacial score (nSPS) is 19.8. The second-order valence-corrected chi connectivity index (χ2v) is 5.01. The number of fused-ring (bicyclic) bond motifs is 2. The number of aromatic nitrogens is 1. The van der Waals surface area contributed by atoms with Gasteiger partial charge in [-0.05, 0) is 46.8 Å². The minimum absolute atomic E-state index is 0.398. The average Bonchev–Trinajstić information content (AvgIpc) is 2.31. The molecule has 0 fully saturated rings. The van der Waals surface area contributed by atoms with Crippen LogP contribution in [-0.4, -0.2) is 10.1 Å². The fourth-order valence-corrected chi connectivity index (χ4v) is 3.09. The predicted octanol–water partition coefficient (Wildman–Crippen LogP) is 3.37. The number of rotatable bonds is 0. The Morgan fingerprint density at radius 3 is 3.00 bits per heavy atom. The quantitative estimate of drug-likeness (QED) is 0.801. The summed E-state index contributed by atoms with van der Waals surface area (Å²) in [6.07, 6.45) is 2.47. The number of aliphatic hydroxyl groups is 1. The number of halogens is 1. The van der Waals surface area contributed by atoms with Crippen LogP contribution in [0.4, 0.5) is 0 Å². The third-order valence-corrected chi connectivity index (χ3v) is 4.08. The molecular weight excluding hydrogens is 266 g/mol. The van der Waals surface area contributed by atoms with Crippen molar-refractivity contribution in [3.63, 3.8) is 0 Å². The zero-order valence-corrected chi connectivity index (χ0v) is 10.4. The van der Waals surface area contributed by atoms with Crippen LogP contribution in [0.25, 0.3) is 10.9 Å². The molecule has 1 aliphatic rings. The van der Waals surface area contributed by atoms with Gasteiger partial charge in [0.25, 0.3) is 0 Å². The molecule has 1 aliphatic carbocycles. The number of pyridine rings is 1.